The summed E-state index contributed by atoms with van der Waals surface area (Å²) >= 11 is 0. The van der Waals surface area contributed by atoms with E-state index >= 15 is 0 Å². The minimum absolute atomic E-state index is 0.576. The van der Waals surface area contributed by atoms with Crippen molar-refractivity contribution in [3.8, 4) is 11.4 Å². The molecule has 1 fully saturated rings. The zero-order valence-electron chi connectivity index (χ0n) is 11.6. The lowest BCUT2D eigenvalue weighted by Crippen LogP contribution is -2.21. The minimum atomic E-state index is 0.576. The molecule has 0 aliphatic carbocycles. The Kier molecular flexibility index (Phi) is 3.64. The van der Waals surface area contributed by atoms with E-state index in [1.54, 1.807) is 0 Å². The van der Waals surface area contributed by atoms with Gasteiger partial charge in [-0.15, -0.1) is 5.10 Å². The molecular formula is C14H19N5O. The molecule has 106 valence electrons. The summed E-state index contributed by atoms with van der Waals surface area (Å²) in [6.07, 6.45) is 2.13. The quantitative estimate of drug-likeness (QED) is 0.860. The molecule has 6 heteroatoms. The lowest BCUT2D eigenvalue weighted by atomic mass is 10.00. The number of anilines is 1. The Labute approximate surface area is 117 Å². The highest BCUT2D eigenvalue weighted by atomic mass is 16.5. The van der Waals surface area contributed by atoms with Gasteiger partial charge in [-0.3, -0.25) is 0 Å². The average Bonchev–Trinajstić information content (AvgIpc) is 2.91. The van der Waals surface area contributed by atoms with Gasteiger partial charge < -0.3 is 10.5 Å². The number of hydrogen-bond donors (Lipinski definition) is 1. The third kappa shape index (κ3) is 2.51. The molecule has 2 aromatic rings. The van der Waals surface area contributed by atoms with Crippen LogP contribution in [0.2, 0.25) is 0 Å². The lowest BCUT2D eigenvalue weighted by molar-refractivity contribution is 0.0601. The molecule has 0 saturated carbocycles. The second kappa shape index (κ2) is 5.58. The fourth-order valence-corrected chi connectivity index (χ4v) is 2.59. The highest BCUT2D eigenvalue weighted by molar-refractivity contribution is 5.67. The molecule has 1 saturated heterocycles. The van der Waals surface area contributed by atoms with E-state index in [1.807, 2.05) is 29.8 Å². The summed E-state index contributed by atoms with van der Waals surface area (Å²) in [6.45, 7) is 4.50. The van der Waals surface area contributed by atoms with Crippen LogP contribution in [0, 0.1) is 12.8 Å². The molecule has 0 spiro atoms. The van der Waals surface area contributed by atoms with Gasteiger partial charge in [0.05, 0.1) is 0 Å². The molecule has 1 aliphatic heterocycles. The van der Waals surface area contributed by atoms with Gasteiger partial charge in [0.2, 0.25) is 0 Å². The number of rotatable bonds is 3. The van der Waals surface area contributed by atoms with E-state index in [-0.39, 0.29) is 0 Å². The monoisotopic (exact) mass is 273 g/mol. The van der Waals surface area contributed by atoms with Crippen molar-refractivity contribution in [1.82, 2.24) is 20.2 Å². The Morgan fingerprint density at radius 2 is 2.15 bits per heavy atom. The van der Waals surface area contributed by atoms with Gasteiger partial charge in [0, 0.05) is 31.0 Å². The number of ether oxygens (including phenoxy) is 1. The van der Waals surface area contributed by atoms with Gasteiger partial charge in [-0.05, 0) is 47.7 Å². The Morgan fingerprint density at radius 3 is 2.95 bits per heavy atom. The maximum Gasteiger partial charge on any atom is 0.182 e. The fourth-order valence-electron chi connectivity index (χ4n) is 2.59. The first-order valence-corrected chi connectivity index (χ1v) is 6.95. The summed E-state index contributed by atoms with van der Waals surface area (Å²) < 4.78 is 7.28. The molecule has 0 bridgehead atoms. The first-order chi connectivity index (χ1) is 9.75. The zero-order valence-corrected chi connectivity index (χ0v) is 11.6. The van der Waals surface area contributed by atoms with Crippen molar-refractivity contribution in [2.45, 2.75) is 26.3 Å². The summed E-state index contributed by atoms with van der Waals surface area (Å²) in [6, 6.07) is 5.84. The number of tetrazole rings is 1. The lowest BCUT2D eigenvalue weighted by Gasteiger charge is -2.22. The second-order valence-corrected chi connectivity index (χ2v) is 5.26. The molecular weight excluding hydrogens is 254 g/mol. The molecule has 1 aliphatic rings. The number of nitrogen functional groups attached to an aromatic ring is 1. The van der Waals surface area contributed by atoms with Crippen molar-refractivity contribution in [1.29, 1.82) is 0 Å². The predicted molar refractivity (Wildman–Crippen MR) is 75.9 cm³/mol. The van der Waals surface area contributed by atoms with Crippen molar-refractivity contribution >= 4 is 5.69 Å². The van der Waals surface area contributed by atoms with Gasteiger partial charge in [0.15, 0.2) is 5.82 Å². The molecule has 0 unspecified atom stereocenters. The molecule has 3 rings (SSSR count). The molecule has 0 amide bonds. The summed E-state index contributed by atoms with van der Waals surface area (Å²) in [4.78, 5) is 0. The van der Waals surface area contributed by atoms with Gasteiger partial charge in [-0.1, -0.05) is 12.1 Å². The van der Waals surface area contributed by atoms with Crippen LogP contribution in [0.25, 0.3) is 11.4 Å². The molecule has 1 aromatic heterocycles. The fraction of sp³-hybridized carbons (Fsp3) is 0.500. The second-order valence-electron chi connectivity index (χ2n) is 5.26. The van der Waals surface area contributed by atoms with Gasteiger partial charge in [0.1, 0.15) is 0 Å². The zero-order chi connectivity index (χ0) is 13.9. The van der Waals surface area contributed by atoms with Gasteiger partial charge in [-0.25, -0.2) is 4.68 Å². The highest BCUT2D eigenvalue weighted by Crippen LogP contribution is 2.26. The van der Waals surface area contributed by atoms with Crippen LogP contribution in [0.4, 0.5) is 5.69 Å². The molecule has 6 nitrogen and oxygen atoms in total. The number of aromatic nitrogens is 4. The SMILES string of the molecule is Cc1c(N)cccc1-c1nnnn1CC1CCOCC1. The predicted octanol–water partition coefficient (Wildman–Crippen LogP) is 1.66. The maximum absolute atomic E-state index is 5.97. The van der Waals surface area contributed by atoms with Crippen LogP contribution in [0.1, 0.15) is 18.4 Å². The van der Waals surface area contributed by atoms with Crippen LogP contribution >= 0.6 is 0 Å². The van der Waals surface area contributed by atoms with Crippen LogP contribution in [0.15, 0.2) is 18.2 Å². The molecule has 2 heterocycles. The van der Waals surface area contributed by atoms with Crippen LogP contribution in [-0.2, 0) is 11.3 Å². The summed E-state index contributed by atoms with van der Waals surface area (Å²) in [5.41, 5.74) is 8.76. The molecule has 2 N–H and O–H groups in total. The van der Waals surface area contributed by atoms with Gasteiger partial charge in [-0.2, -0.15) is 0 Å². The van der Waals surface area contributed by atoms with Crippen molar-refractivity contribution < 1.29 is 4.74 Å². The third-order valence-corrected chi connectivity index (χ3v) is 3.92. The van der Waals surface area contributed by atoms with Crippen LogP contribution in [0.3, 0.4) is 0 Å². The van der Waals surface area contributed by atoms with E-state index in [4.69, 9.17) is 10.5 Å². The van der Waals surface area contributed by atoms with Crippen molar-refractivity contribution in [3.63, 3.8) is 0 Å². The number of benzene rings is 1. The molecule has 0 radical (unpaired) electrons. The highest BCUT2D eigenvalue weighted by Gasteiger charge is 2.19. The van der Waals surface area contributed by atoms with Gasteiger partial charge >= 0.3 is 0 Å². The third-order valence-electron chi connectivity index (χ3n) is 3.92. The van der Waals surface area contributed by atoms with E-state index < -0.39 is 0 Å². The summed E-state index contributed by atoms with van der Waals surface area (Å²) in [5.74, 6) is 1.37. The van der Waals surface area contributed by atoms with Gasteiger partial charge in [0.25, 0.3) is 0 Å². The normalized spacial score (nSPS) is 16.4. The van der Waals surface area contributed by atoms with E-state index in [0.29, 0.717) is 5.92 Å². The smallest absolute Gasteiger partial charge is 0.182 e. The summed E-state index contributed by atoms with van der Waals surface area (Å²) in [5, 5.41) is 12.1. The van der Waals surface area contributed by atoms with Crippen LogP contribution in [-0.4, -0.2) is 33.4 Å². The van der Waals surface area contributed by atoms with Crippen LogP contribution < -0.4 is 5.73 Å². The molecule has 0 atom stereocenters. The van der Waals surface area contributed by atoms with Crippen molar-refractivity contribution in [2.75, 3.05) is 18.9 Å². The number of hydrogen-bond acceptors (Lipinski definition) is 5. The Bertz CT molecular complexity index is 589. The average molecular weight is 273 g/mol. The van der Waals surface area contributed by atoms with E-state index in [2.05, 4.69) is 15.5 Å². The summed E-state index contributed by atoms with van der Waals surface area (Å²) in [7, 11) is 0. The standard InChI is InChI=1S/C14H19N5O/c1-10-12(3-2-4-13(10)15)14-16-17-18-19(14)9-11-5-7-20-8-6-11/h2-4,11H,5-9,15H2,1H3. The topological polar surface area (TPSA) is 78.9 Å². The first kappa shape index (κ1) is 13.1. The molecule has 1 aromatic carbocycles. The number of nitrogens with two attached hydrogens (primary N) is 1. The van der Waals surface area contributed by atoms with E-state index in [0.717, 1.165) is 55.2 Å². The Balaban J connectivity index is 1.87. The van der Waals surface area contributed by atoms with Crippen molar-refractivity contribution in [2.24, 2.45) is 5.92 Å². The Hall–Kier alpha value is -1.95. The van der Waals surface area contributed by atoms with Crippen LogP contribution in [0.5, 0.6) is 0 Å². The largest absolute Gasteiger partial charge is 0.398 e. The van der Waals surface area contributed by atoms with E-state index in [9.17, 15) is 0 Å². The van der Waals surface area contributed by atoms with Crippen molar-refractivity contribution in [3.05, 3.63) is 23.8 Å². The first-order valence-electron chi connectivity index (χ1n) is 6.95. The number of nitrogens with zero attached hydrogens (tertiary/aromatic N) is 4. The Morgan fingerprint density at radius 1 is 1.35 bits per heavy atom. The maximum atomic E-state index is 5.97. The van der Waals surface area contributed by atoms with E-state index in [1.165, 1.54) is 0 Å². The minimum Gasteiger partial charge on any atom is -0.398 e. The molecule has 20 heavy (non-hydrogen) atoms.